The summed E-state index contributed by atoms with van der Waals surface area (Å²) in [5.74, 6) is 0.467. The van der Waals surface area contributed by atoms with E-state index in [1.807, 2.05) is 44.2 Å². The molecule has 0 saturated heterocycles. The van der Waals surface area contributed by atoms with Gasteiger partial charge < -0.3 is 13.9 Å². The molecule has 0 spiro atoms. The lowest BCUT2D eigenvalue weighted by atomic mass is 10.0. The van der Waals surface area contributed by atoms with Crippen LogP contribution in [0.5, 0.6) is 5.75 Å². The highest BCUT2D eigenvalue weighted by Crippen LogP contribution is 2.34. The van der Waals surface area contributed by atoms with Crippen molar-refractivity contribution in [1.82, 2.24) is 0 Å². The first-order valence-corrected chi connectivity index (χ1v) is 8.49. The zero-order valence-corrected chi connectivity index (χ0v) is 14.9. The highest BCUT2D eigenvalue weighted by molar-refractivity contribution is 6.33. The van der Waals surface area contributed by atoms with Crippen LogP contribution in [-0.2, 0) is 4.74 Å². The van der Waals surface area contributed by atoms with Crippen molar-refractivity contribution in [3.8, 4) is 16.9 Å². The molecule has 0 N–H and O–H groups in total. The lowest BCUT2D eigenvalue weighted by molar-refractivity contribution is 0.0553. The van der Waals surface area contributed by atoms with E-state index in [1.54, 1.807) is 12.1 Å². The van der Waals surface area contributed by atoms with Gasteiger partial charge in [-0.05, 0) is 31.0 Å². The minimum atomic E-state index is -0.414. The van der Waals surface area contributed by atoms with Crippen LogP contribution in [0.3, 0.4) is 0 Å². The summed E-state index contributed by atoms with van der Waals surface area (Å²) >= 11 is 6.36. The normalized spacial score (nSPS) is 11.2. The van der Waals surface area contributed by atoms with Gasteiger partial charge in [-0.2, -0.15) is 0 Å². The van der Waals surface area contributed by atoms with Gasteiger partial charge in [-0.1, -0.05) is 41.9 Å². The van der Waals surface area contributed by atoms with E-state index in [-0.39, 0.29) is 6.10 Å². The van der Waals surface area contributed by atoms with Crippen LogP contribution in [0.25, 0.3) is 22.1 Å². The summed E-state index contributed by atoms with van der Waals surface area (Å²) in [5.41, 5.74) is 1.73. The maximum Gasteiger partial charge on any atom is 0.336 e. The summed E-state index contributed by atoms with van der Waals surface area (Å²) in [4.78, 5) is 11.9. The van der Waals surface area contributed by atoms with E-state index in [2.05, 4.69) is 0 Å². The van der Waals surface area contributed by atoms with Crippen LogP contribution in [0.2, 0.25) is 5.02 Å². The lowest BCUT2D eigenvalue weighted by Gasteiger charge is -2.12. The topological polar surface area (TPSA) is 48.7 Å². The van der Waals surface area contributed by atoms with E-state index < -0.39 is 5.63 Å². The minimum absolute atomic E-state index is 0.141. The molecule has 5 heteroatoms. The maximum atomic E-state index is 11.9. The monoisotopic (exact) mass is 358 g/mol. The van der Waals surface area contributed by atoms with Gasteiger partial charge in [0, 0.05) is 17.5 Å². The summed E-state index contributed by atoms with van der Waals surface area (Å²) < 4.78 is 16.4. The molecule has 0 fully saturated rings. The Morgan fingerprint density at radius 1 is 1.08 bits per heavy atom. The molecule has 25 heavy (non-hydrogen) atoms. The van der Waals surface area contributed by atoms with Crippen molar-refractivity contribution in [3.63, 3.8) is 0 Å². The first kappa shape index (κ1) is 17.5. The Morgan fingerprint density at radius 2 is 1.84 bits per heavy atom. The molecule has 3 aromatic rings. The largest absolute Gasteiger partial charge is 0.489 e. The van der Waals surface area contributed by atoms with Crippen molar-refractivity contribution in [2.45, 2.75) is 20.0 Å². The van der Waals surface area contributed by atoms with Crippen LogP contribution >= 0.6 is 11.6 Å². The van der Waals surface area contributed by atoms with Gasteiger partial charge >= 0.3 is 5.63 Å². The fraction of sp³-hybridized carbons (Fsp3) is 0.250. The number of hydrogen-bond acceptors (Lipinski definition) is 4. The molecular weight excluding hydrogens is 340 g/mol. The van der Waals surface area contributed by atoms with Gasteiger partial charge in [0.05, 0.1) is 17.7 Å². The van der Waals surface area contributed by atoms with Gasteiger partial charge in [0.1, 0.15) is 17.9 Å². The first-order valence-electron chi connectivity index (χ1n) is 8.12. The summed E-state index contributed by atoms with van der Waals surface area (Å²) in [7, 11) is 0. The number of rotatable bonds is 6. The van der Waals surface area contributed by atoms with Gasteiger partial charge in [-0.25, -0.2) is 4.79 Å². The minimum Gasteiger partial charge on any atom is -0.489 e. The number of halogens is 1. The second-order valence-electron chi connectivity index (χ2n) is 5.89. The Hall–Kier alpha value is -2.30. The van der Waals surface area contributed by atoms with Crippen LogP contribution in [-0.4, -0.2) is 19.3 Å². The van der Waals surface area contributed by atoms with E-state index in [0.29, 0.717) is 29.6 Å². The lowest BCUT2D eigenvalue weighted by Crippen LogP contribution is -2.11. The highest BCUT2D eigenvalue weighted by atomic mass is 35.5. The third-order valence-electron chi connectivity index (χ3n) is 3.67. The smallest absolute Gasteiger partial charge is 0.336 e. The van der Waals surface area contributed by atoms with Crippen LogP contribution in [0.15, 0.2) is 57.7 Å². The molecule has 3 rings (SSSR count). The van der Waals surface area contributed by atoms with E-state index in [1.165, 1.54) is 6.07 Å². The molecule has 4 nitrogen and oxygen atoms in total. The fourth-order valence-corrected chi connectivity index (χ4v) is 2.78. The van der Waals surface area contributed by atoms with Gasteiger partial charge in [0.2, 0.25) is 0 Å². The van der Waals surface area contributed by atoms with Crippen molar-refractivity contribution < 1.29 is 13.9 Å². The van der Waals surface area contributed by atoms with E-state index in [4.69, 9.17) is 25.5 Å². The number of ether oxygens (including phenoxy) is 2. The SMILES string of the molecule is CC(C)OCCOc1cc2oc(=O)cc(-c3ccccc3)c2cc1Cl. The maximum absolute atomic E-state index is 11.9. The molecule has 130 valence electrons. The molecule has 0 bridgehead atoms. The molecule has 0 amide bonds. The van der Waals surface area contributed by atoms with E-state index in [9.17, 15) is 4.79 Å². The molecule has 0 saturated carbocycles. The molecule has 0 aliphatic carbocycles. The van der Waals surface area contributed by atoms with Crippen molar-refractivity contribution in [1.29, 1.82) is 0 Å². The fourth-order valence-electron chi connectivity index (χ4n) is 2.57. The van der Waals surface area contributed by atoms with Crippen molar-refractivity contribution in [2.24, 2.45) is 0 Å². The second kappa shape index (κ2) is 7.72. The van der Waals surface area contributed by atoms with Crippen LogP contribution in [0, 0.1) is 0 Å². The number of benzene rings is 2. The molecule has 0 atom stereocenters. The van der Waals surface area contributed by atoms with Crippen molar-refractivity contribution >= 4 is 22.6 Å². The zero-order valence-electron chi connectivity index (χ0n) is 14.1. The average Bonchev–Trinajstić information content (AvgIpc) is 2.59. The predicted octanol–water partition coefficient (Wildman–Crippen LogP) is 4.92. The summed E-state index contributed by atoms with van der Waals surface area (Å²) in [6, 6.07) is 14.5. The Kier molecular flexibility index (Phi) is 5.41. The molecule has 0 aliphatic rings. The van der Waals surface area contributed by atoms with Crippen molar-refractivity contribution in [3.05, 3.63) is 64.0 Å². The van der Waals surface area contributed by atoms with Crippen LogP contribution in [0.1, 0.15) is 13.8 Å². The van der Waals surface area contributed by atoms with Gasteiger partial charge in [-0.15, -0.1) is 0 Å². The Morgan fingerprint density at radius 3 is 2.56 bits per heavy atom. The molecule has 1 heterocycles. The summed E-state index contributed by atoms with van der Waals surface area (Å²) in [6.07, 6.45) is 0.141. The quantitative estimate of drug-likeness (QED) is 0.463. The molecule has 0 aliphatic heterocycles. The molecule has 2 aromatic carbocycles. The standard InChI is InChI=1S/C20H19ClO4/c1-13(2)23-8-9-24-19-12-18-16(10-17(19)21)15(11-20(22)25-18)14-6-4-3-5-7-14/h3-7,10-13H,8-9H2,1-2H3. The van der Waals surface area contributed by atoms with Crippen LogP contribution in [0.4, 0.5) is 0 Å². The van der Waals surface area contributed by atoms with Gasteiger partial charge in [-0.3, -0.25) is 0 Å². The zero-order chi connectivity index (χ0) is 17.8. The molecule has 0 radical (unpaired) electrons. The molecular formula is C20H19ClO4. The predicted molar refractivity (Wildman–Crippen MR) is 99.5 cm³/mol. The van der Waals surface area contributed by atoms with E-state index in [0.717, 1.165) is 16.5 Å². The summed E-state index contributed by atoms with van der Waals surface area (Å²) in [6.45, 7) is 4.75. The average molecular weight is 359 g/mol. The molecule has 0 unspecified atom stereocenters. The third kappa shape index (κ3) is 4.21. The summed E-state index contributed by atoms with van der Waals surface area (Å²) in [5, 5.41) is 1.23. The first-order chi connectivity index (χ1) is 12.0. The Balaban J connectivity index is 1.97. The van der Waals surface area contributed by atoms with Gasteiger partial charge in [0.25, 0.3) is 0 Å². The third-order valence-corrected chi connectivity index (χ3v) is 3.97. The Bertz CT molecular complexity index is 916. The van der Waals surface area contributed by atoms with Crippen LogP contribution < -0.4 is 10.4 Å². The van der Waals surface area contributed by atoms with Crippen molar-refractivity contribution in [2.75, 3.05) is 13.2 Å². The Labute approximate surface area is 150 Å². The number of hydrogen-bond donors (Lipinski definition) is 0. The van der Waals surface area contributed by atoms with Gasteiger partial charge in [0.15, 0.2) is 0 Å². The highest BCUT2D eigenvalue weighted by Gasteiger charge is 2.12. The second-order valence-corrected chi connectivity index (χ2v) is 6.30. The molecule has 1 aromatic heterocycles. The van der Waals surface area contributed by atoms with E-state index >= 15 is 0 Å². The number of fused-ring (bicyclic) bond motifs is 1.